The molecule has 0 aliphatic carbocycles. The molecule has 3 rings (SSSR count). The van der Waals surface area contributed by atoms with Gasteiger partial charge in [-0.25, -0.2) is 22.0 Å². The van der Waals surface area contributed by atoms with E-state index >= 15 is 0 Å². The summed E-state index contributed by atoms with van der Waals surface area (Å²) in [6.45, 7) is 4.18. The van der Waals surface area contributed by atoms with E-state index in [2.05, 4.69) is 5.32 Å². The van der Waals surface area contributed by atoms with E-state index in [-0.39, 0.29) is 11.6 Å². The van der Waals surface area contributed by atoms with Gasteiger partial charge in [-0.05, 0) is 24.3 Å². The van der Waals surface area contributed by atoms with E-state index in [1.165, 1.54) is 12.1 Å². The molecule has 0 spiro atoms. The van der Waals surface area contributed by atoms with Crippen molar-refractivity contribution in [3.05, 3.63) is 58.9 Å². The molecule has 0 unspecified atom stereocenters. The Morgan fingerprint density at radius 1 is 0.833 bits per heavy atom. The van der Waals surface area contributed by atoms with E-state index in [4.69, 9.17) is 0 Å². The molecule has 5 nitrogen and oxygen atoms in total. The van der Waals surface area contributed by atoms with Crippen molar-refractivity contribution in [2.24, 2.45) is 0 Å². The number of hydrogen-bond acceptors (Lipinski definition) is 3. The van der Waals surface area contributed by atoms with Crippen LogP contribution in [0.4, 0.5) is 33.3 Å². The molecule has 0 radical (unpaired) electrons. The molecule has 1 N–H and O–H groups in total. The van der Waals surface area contributed by atoms with Crippen molar-refractivity contribution in [1.29, 1.82) is 0 Å². The zero-order chi connectivity index (χ0) is 22.0. The largest absolute Gasteiger partial charge is 0.368 e. The van der Waals surface area contributed by atoms with Crippen LogP contribution in [0.15, 0.2) is 24.3 Å². The summed E-state index contributed by atoms with van der Waals surface area (Å²) in [7, 11) is 0. The number of carbonyl (C=O) groups excluding carboxylic acids is 2. The third-order valence-electron chi connectivity index (χ3n) is 4.86. The highest BCUT2D eigenvalue weighted by molar-refractivity contribution is 6.04. The van der Waals surface area contributed by atoms with E-state index in [9.17, 15) is 31.5 Å². The quantitative estimate of drug-likeness (QED) is 0.460. The fourth-order valence-corrected chi connectivity index (χ4v) is 3.19. The lowest BCUT2D eigenvalue weighted by Gasteiger charge is -2.36. The van der Waals surface area contributed by atoms with Gasteiger partial charge in [-0.3, -0.25) is 9.59 Å². The second-order valence-electron chi connectivity index (χ2n) is 6.67. The average molecular weight is 427 g/mol. The maximum Gasteiger partial charge on any atom is 0.261 e. The minimum atomic E-state index is -2.33. The van der Waals surface area contributed by atoms with Crippen molar-refractivity contribution in [3.8, 4) is 0 Å². The Hall–Kier alpha value is -3.17. The standard InChI is InChI=1S/C20H18F5N3O2/c1-2-13(29)28-9-7-27(8-10-28)12-5-3-11(4-6-12)26-20(30)14-15(21)17(23)19(25)18(24)16(14)22/h3-6H,2,7-10H2,1H3,(H,26,30). The third kappa shape index (κ3) is 4.07. The van der Waals surface area contributed by atoms with Crippen molar-refractivity contribution >= 4 is 23.2 Å². The van der Waals surface area contributed by atoms with Crippen molar-refractivity contribution in [3.63, 3.8) is 0 Å². The van der Waals surface area contributed by atoms with Crippen LogP contribution in [0.25, 0.3) is 0 Å². The molecule has 1 saturated heterocycles. The summed E-state index contributed by atoms with van der Waals surface area (Å²) in [5.74, 6) is -12.5. The SMILES string of the molecule is CCC(=O)N1CCN(c2ccc(NC(=O)c3c(F)c(F)c(F)c(F)c3F)cc2)CC1. The number of rotatable bonds is 4. The summed E-state index contributed by atoms with van der Waals surface area (Å²) in [5, 5.41) is 2.13. The summed E-state index contributed by atoms with van der Waals surface area (Å²) in [6, 6.07) is 6.18. The molecule has 2 aromatic carbocycles. The number of nitrogens with zero attached hydrogens (tertiary/aromatic N) is 2. The third-order valence-corrected chi connectivity index (χ3v) is 4.86. The second kappa shape index (κ2) is 8.68. The normalized spacial score (nSPS) is 14.1. The topological polar surface area (TPSA) is 52.7 Å². The number of amides is 2. The highest BCUT2D eigenvalue weighted by atomic mass is 19.2. The Morgan fingerprint density at radius 3 is 1.83 bits per heavy atom. The highest BCUT2D eigenvalue weighted by Crippen LogP contribution is 2.25. The van der Waals surface area contributed by atoms with Gasteiger partial charge < -0.3 is 15.1 Å². The maximum absolute atomic E-state index is 13.8. The predicted octanol–water partition coefficient (Wildman–Crippen LogP) is 3.69. The van der Waals surface area contributed by atoms with E-state index in [1.807, 2.05) is 4.90 Å². The molecule has 30 heavy (non-hydrogen) atoms. The predicted molar refractivity (Wildman–Crippen MR) is 99.7 cm³/mol. The van der Waals surface area contributed by atoms with Crippen molar-refractivity contribution in [1.82, 2.24) is 4.90 Å². The first kappa shape index (κ1) is 21.5. The maximum atomic E-state index is 13.8. The molecule has 1 aliphatic heterocycles. The monoisotopic (exact) mass is 427 g/mol. The van der Waals surface area contributed by atoms with Crippen LogP contribution in [0, 0.1) is 29.1 Å². The molecule has 1 aliphatic rings. The summed E-state index contributed by atoms with van der Waals surface area (Å²) < 4.78 is 67.2. The van der Waals surface area contributed by atoms with Gasteiger partial charge in [-0.1, -0.05) is 6.92 Å². The first-order chi connectivity index (χ1) is 14.2. The molecule has 0 aromatic heterocycles. The first-order valence-electron chi connectivity index (χ1n) is 9.20. The van der Waals surface area contributed by atoms with E-state index < -0.39 is 40.6 Å². The Balaban J connectivity index is 1.70. The van der Waals surface area contributed by atoms with Crippen LogP contribution in [0.3, 0.4) is 0 Å². The number of hydrogen-bond donors (Lipinski definition) is 1. The number of piperazine rings is 1. The second-order valence-corrected chi connectivity index (χ2v) is 6.67. The minimum absolute atomic E-state index is 0.0841. The van der Waals surface area contributed by atoms with Gasteiger partial charge >= 0.3 is 0 Å². The lowest BCUT2D eigenvalue weighted by molar-refractivity contribution is -0.131. The van der Waals surface area contributed by atoms with Gasteiger partial charge in [0.1, 0.15) is 5.56 Å². The Labute approximate surface area is 169 Å². The molecule has 1 fully saturated rings. The van der Waals surface area contributed by atoms with Crippen molar-refractivity contribution in [2.75, 3.05) is 36.4 Å². The van der Waals surface area contributed by atoms with Crippen LogP contribution < -0.4 is 10.2 Å². The zero-order valence-electron chi connectivity index (χ0n) is 15.9. The number of anilines is 2. The zero-order valence-corrected chi connectivity index (χ0v) is 15.9. The number of halogens is 5. The Bertz CT molecular complexity index is 944. The van der Waals surface area contributed by atoms with E-state index in [0.717, 1.165) is 5.69 Å². The Morgan fingerprint density at radius 2 is 1.33 bits per heavy atom. The van der Waals surface area contributed by atoms with Crippen LogP contribution in [-0.2, 0) is 4.79 Å². The minimum Gasteiger partial charge on any atom is -0.368 e. The summed E-state index contributed by atoms with van der Waals surface area (Å²) >= 11 is 0. The van der Waals surface area contributed by atoms with Crippen LogP contribution in [0.1, 0.15) is 23.7 Å². The van der Waals surface area contributed by atoms with E-state index in [0.29, 0.717) is 32.6 Å². The molecule has 2 amide bonds. The van der Waals surface area contributed by atoms with Gasteiger partial charge in [-0.2, -0.15) is 0 Å². The van der Waals surface area contributed by atoms with Gasteiger partial charge in [0.2, 0.25) is 11.7 Å². The van der Waals surface area contributed by atoms with Gasteiger partial charge in [0, 0.05) is 44.0 Å². The molecular weight excluding hydrogens is 409 g/mol. The molecule has 2 aromatic rings. The van der Waals surface area contributed by atoms with Crippen LogP contribution in [-0.4, -0.2) is 42.9 Å². The Kier molecular flexibility index (Phi) is 6.23. The number of benzene rings is 2. The van der Waals surface area contributed by atoms with Crippen LogP contribution >= 0.6 is 0 Å². The first-order valence-corrected chi connectivity index (χ1v) is 9.20. The van der Waals surface area contributed by atoms with Gasteiger partial charge in [-0.15, -0.1) is 0 Å². The summed E-state index contributed by atoms with van der Waals surface area (Å²) in [6.07, 6.45) is 0.442. The summed E-state index contributed by atoms with van der Waals surface area (Å²) in [5.41, 5.74) is -0.632. The molecular formula is C20H18F5N3O2. The smallest absolute Gasteiger partial charge is 0.261 e. The van der Waals surface area contributed by atoms with Gasteiger partial charge in [0.15, 0.2) is 23.3 Å². The molecule has 10 heteroatoms. The fourth-order valence-electron chi connectivity index (χ4n) is 3.19. The molecule has 0 atom stereocenters. The molecule has 0 bridgehead atoms. The van der Waals surface area contributed by atoms with Gasteiger partial charge in [0.05, 0.1) is 0 Å². The van der Waals surface area contributed by atoms with Crippen molar-refractivity contribution < 1.29 is 31.5 Å². The van der Waals surface area contributed by atoms with Crippen LogP contribution in [0.5, 0.6) is 0 Å². The molecule has 160 valence electrons. The summed E-state index contributed by atoms with van der Waals surface area (Å²) in [4.78, 5) is 27.6. The fraction of sp³-hybridized carbons (Fsp3) is 0.300. The van der Waals surface area contributed by atoms with Crippen molar-refractivity contribution in [2.45, 2.75) is 13.3 Å². The lowest BCUT2D eigenvalue weighted by Crippen LogP contribution is -2.48. The van der Waals surface area contributed by atoms with E-state index in [1.54, 1.807) is 24.0 Å². The lowest BCUT2D eigenvalue weighted by atomic mass is 10.1. The average Bonchev–Trinajstić information content (AvgIpc) is 2.76. The van der Waals surface area contributed by atoms with Gasteiger partial charge in [0.25, 0.3) is 5.91 Å². The molecule has 1 heterocycles. The highest BCUT2D eigenvalue weighted by Gasteiger charge is 2.29. The number of nitrogens with one attached hydrogen (secondary N) is 1. The van der Waals surface area contributed by atoms with Crippen LogP contribution in [0.2, 0.25) is 0 Å². The number of carbonyl (C=O) groups is 2. The molecule has 0 saturated carbocycles.